The lowest BCUT2D eigenvalue weighted by Crippen LogP contribution is -1.80. The van der Waals surface area contributed by atoms with Crippen molar-refractivity contribution in [1.82, 2.24) is 4.98 Å². The maximum atomic E-state index is 5.73. The van der Waals surface area contributed by atoms with Crippen molar-refractivity contribution in [1.29, 1.82) is 0 Å². The van der Waals surface area contributed by atoms with E-state index in [0.717, 1.165) is 22.1 Å². The Hall–Kier alpha value is -2.75. The number of hydrogen-bond acceptors (Lipinski definition) is 4. The van der Waals surface area contributed by atoms with Crippen molar-refractivity contribution in [2.24, 2.45) is 0 Å². The van der Waals surface area contributed by atoms with Crippen LogP contribution in [0.1, 0.15) is 0 Å². The van der Waals surface area contributed by atoms with Gasteiger partial charge in [0.05, 0.1) is 0 Å². The number of nitrogens with two attached hydrogens (primary N) is 1. The van der Waals surface area contributed by atoms with Crippen molar-refractivity contribution in [3.8, 4) is 11.7 Å². The molecule has 4 heteroatoms. The number of oxazole rings is 1. The van der Waals surface area contributed by atoms with Gasteiger partial charge in [0.2, 0.25) is 0 Å². The third kappa shape index (κ3) is 1.57. The number of nitrogens with zero attached hydrogens (tertiary/aromatic N) is 1. The molecule has 0 bridgehead atoms. The first-order chi connectivity index (χ1) is 9.29. The molecule has 4 nitrogen and oxygen atoms in total. The Labute approximate surface area is 108 Å². The van der Waals surface area contributed by atoms with Crippen molar-refractivity contribution >= 4 is 27.8 Å². The summed E-state index contributed by atoms with van der Waals surface area (Å²) in [5.74, 6) is 1.09. The number of fused-ring (bicyclic) bond motifs is 2. The molecule has 4 rings (SSSR count). The zero-order valence-corrected chi connectivity index (χ0v) is 9.96. The van der Waals surface area contributed by atoms with E-state index in [4.69, 9.17) is 14.6 Å². The summed E-state index contributed by atoms with van der Waals surface area (Å²) in [6, 6.07) is 15.1. The molecule has 4 aromatic rings. The topological polar surface area (TPSA) is 65.2 Å². The van der Waals surface area contributed by atoms with Gasteiger partial charge in [0.1, 0.15) is 11.1 Å². The molecule has 19 heavy (non-hydrogen) atoms. The highest BCUT2D eigenvalue weighted by Crippen LogP contribution is 2.30. The SMILES string of the molecule is Nc1ccc2cc(-c3nc4ccccc4o3)oc2c1. The van der Waals surface area contributed by atoms with Crippen molar-refractivity contribution in [3.63, 3.8) is 0 Å². The fourth-order valence-corrected chi connectivity index (χ4v) is 2.13. The Morgan fingerprint density at radius 1 is 0.895 bits per heavy atom. The van der Waals surface area contributed by atoms with E-state index in [1.54, 1.807) is 6.07 Å². The Morgan fingerprint density at radius 2 is 1.79 bits per heavy atom. The minimum absolute atomic E-state index is 0.482. The molecule has 0 radical (unpaired) electrons. The summed E-state index contributed by atoms with van der Waals surface area (Å²) in [4.78, 5) is 4.41. The van der Waals surface area contributed by atoms with E-state index in [9.17, 15) is 0 Å². The Bertz CT molecular complexity index is 856. The van der Waals surface area contributed by atoms with Gasteiger partial charge in [-0.25, -0.2) is 4.98 Å². The summed E-state index contributed by atoms with van der Waals surface area (Å²) in [5, 5.41) is 0.978. The Morgan fingerprint density at radius 3 is 2.68 bits per heavy atom. The second-order valence-electron chi connectivity index (χ2n) is 4.39. The minimum Gasteiger partial charge on any atom is -0.451 e. The van der Waals surface area contributed by atoms with Gasteiger partial charge in [0.15, 0.2) is 11.3 Å². The number of furan rings is 1. The number of aromatic nitrogens is 1. The van der Waals surface area contributed by atoms with Gasteiger partial charge >= 0.3 is 0 Å². The molecule has 92 valence electrons. The molecule has 2 aromatic carbocycles. The molecule has 0 fully saturated rings. The van der Waals surface area contributed by atoms with Gasteiger partial charge in [-0.1, -0.05) is 12.1 Å². The van der Waals surface area contributed by atoms with E-state index in [-0.39, 0.29) is 0 Å². The van der Waals surface area contributed by atoms with Crippen molar-refractivity contribution in [2.45, 2.75) is 0 Å². The summed E-state index contributed by atoms with van der Waals surface area (Å²) in [6.07, 6.45) is 0. The average molecular weight is 250 g/mol. The zero-order chi connectivity index (χ0) is 12.8. The molecule has 0 aliphatic carbocycles. The minimum atomic E-state index is 0.482. The number of para-hydroxylation sites is 2. The summed E-state index contributed by atoms with van der Waals surface area (Å²) in [6.45, 7) is 0. The molecule has 0 aliphatic rings. The van der Waals surface area contributed by atoms with Gasteiger partial charge < -0.3 is 14.6 Å². The first-order valence-electron chi connectivity index (χ1n) is 5.95. The van der Waals surface area contributed by atoms with Gasteiger partial charge in [-0.3, -0.25) is 0 Å². The monoisotopic (exact) mass is 250 g/mol. The van der Waals surface area contributed by atoms with Gasteiger partial charge in [0, 0.05) is 17.1 Å². The standard InChI is InChI=1S/C15H10N2O2/c16-10-6-5-9-7-14(18-13(9)8-10)15-17-11-3-1-2-4-12(11)19-15/h1-8H,16H2. The van der Waals surface area contributed by atoms with Crippen LogP contribution < -0.4 is 5.73 Å². The highest BCUT2D eigenvalue weighted by Gasteiger charge is 2.12. The van der Waals surface area contributed by atoms with E-state index in [1.165, 1.54) is 0 Å². The highest BCUT2D eigenvalue weighted by atomic mass is 16.4. The second-order valence-corrected chi connectivity index (χ2v) is 4.39. The van der Waals surface area contributed by atoms with Crippen LogP contribution >= 0.6 is 0 Å². The molecule has 0 amide bonds. The lowest BCUT2D eigenvalue weighted by Gasteiger charge is -1.90. The Balaban J connectivity index is 1.93. The van der Waals surface area contributed by atoms with Crippen LogP contribution in [0.3, 0.4) is 0 Å². The van der Waals surface area contributed by atoms with E-state index in [0.29, 0.717) is 17.3 Å². The van der Waals surface area contributed by atoms with Crippen LogP contribution in [-0.2, 0) is 0 Å². The van der Waals surface area contributed by atoms with Gasteiger partial charge in [-0.05, 0) is 30.3 Å². The van der Waals surface area contributed by atoms with E-state index < -0.39 is 0 Å². The van der Waals surface area contributed by atoms with E-state index in [2.05, 4.69) is 4.98 Å². The largest absolute Gasteiger partial charge is 0.451 e. The third-order valence-electron chi connectivity index (χ3n) is 3.05. The quantitative estimate of drug-likeness (QED) is 0.521. The van der Waals surface area contributed by atoms with Gasteiger partial charge in [-0.2, -0.15) is 0 Å². The fraction of sp³-hybridized carbons (Fsp3) is 0. The summed E-state index contributed by atoms with van der Waals surface area (Å²) in [5.41, 5.74) is 8.70. The van der Waals surface area contributed by atoms with Crippen LogP contribution in [0, 0.1) is 0 Å². The molecule has 0 aliphatic heterocycles. The van der Waals surface area contributed by atoms with Crippen molar-refractivity contribution in [2.75, 3.05) is 5.73 Å². The zero-order valence-electron chi connectivity index (χ0n) is 9.96. The van der Waals surface area contributed by atoms with Crippen LogP contribution in [0.25, 0.3) is 33.7 Å². The predicted molar refractivity (Wildman–Crippen MR) is 73.6 cm³/mol. The predicted octanol–water partition coefficient (Wildman–Crippen LogP) is 3.82. The molecular weight excluding hydrogens is 240 g/mol. The van der Waals surface area contributed by atoms with Crippen molar-refractivity contribution in [3.05, 3.63) is 48.5 Å². The van der Waals surface area contributed by atoms with E-state index >= 15 is 0 Å². The molecule has 0 saturated heterocycles. The van der Waals surface area contributed by atoms with Crippen LogP contribution in [0.5, 0.6) is 0 Å². The third-order valence-corrected chi connectivity index (χ3v) is 3.05. The highest BCUT2D eigenvalue weighted by molar-refractivity contribution is 5.85. The second kappa shape index (κ2) is 3.62. The summed E-state index contributed by atoms with van der Waals surface area (Å²) in [7, 11) is 0. The lowest BCUT2D eigenvalue weighted by molar-refractivity contribution is 0.559. The summed E-state index contributed by atoms with van der Waals surface area (Å²) >= 11 is 0. The molecule has 2 N–H and O–H groups in total. The first-order valence-corrected chi connectivity index (χ1v) is 5.95. The van der Waals surface area contributed by atoms with Gasteiger partial charge in [-0.15, -0.1) is 0 Å². The normalized spacial score (nSPS) is 11.4. The molecule has 0 spiro atoms. The molecular formula is C15H10N2O2. The lowest BCUT2D eigenvalue weighted by atomic mass is 10.2. The Kier molecular flexibility index (Phi) is 1.94. The number of nitrogen functional groups attached to an aromatic ring is 1. The number of rotatable bonds is 1. The van der Waals surface area contributed by atoms with Crippen LogP contribution in [0.4, 0.5) is 5.69 Å². The molecule has 0 saturated carbocycles. The number of benzene rings is 2. The first kappa shape index (κ1) is 10.2. The van der Waals surface area contributed by atoms with Crippen LogP contribution in [-0.4, -0.2) is 4.98 Å². The maximum Gasteiger partial charge on any atom is 0.263 e. The van der Waals surface area contributed by atoms with Crippen LogP contribution in [0.2, 0.25) is 0 Å². The number of hydrogen-bond donors (Lipinski definition) is 1. The molecule has 2 heterocycles. The van der Waals surface area contributed by atoms with E-state index in [1.807, 2.05) is 42.5 Å². The number of anilines is 1. The maximum absolute atomic E-state index is 5.73. The van der Waals surface area contributed by atoms with Gasteiger partial charge in [0.25, 0.3) is 5.89 Å². The van der Waals surface area contributed by atoms with Crippen LogP contribution in [0.15, 0.2) is 57.4 Å². The average Bonchev–Trinajstić information content (AvgIpc) is 3.00. The molecule has 2 aromatic heterocycles. The molecule has 0 unspecified atom stereocenters. The molecule has 0 atom stereocenters. The fourth-order valence-electron chi connectivity index (χ4n) is 2.13. The smallest absolute Gasteiger partial charge is 0.263 e. The van der Waals surface area contributed by atoms with Crippen molar-refractivity contribution < 1.29 is 8.83 Å². The summed E-state index contributed by atoms with van der Waals surface area (Å²) < 4.78 is 11.4.